The lowest BCUT2D eigenvalue weighted by Crippen LogP contribution is -2.35. The first-order valence-corrected chi connectivity index (χ1v) is 13.6. The van der Waals surface area contributed by atoms with E-state index < -0.39 is 5.82 Å². The third-order valence-electron chi connectivity index (χ3n) is 7.29. The second kappa shape index (κ2) is 9.58. The van der Waals surface area contributed by atoms with Gasteiger partial charge in [-0.15, -0.1) is 0 Å². The minimum atomic E-state index is -0.452. The summed E-state index contributed by atoms with van der Waals surface area (Å²) in [7, 11) is 2.06. The van der Waals surface area contributed by atoms with Gasteiger partial charge in [0, 0.05) is 24.5 Å². The molecule has 3 aliphatic rings. The summed E-state index contributed by atoms with van der Waals surface area (Å²) in [5, 5.41) is 0.518. The normalized spacial score (nSPS) is 26.9. The van der Waals surface area contributed by atoms with Gasteiger partial charge in [-0.1, -0.05) is 60.9 Å². The Labute approximate surface area is 220 Å². The molecule has 186 valence electrons. The maximum Gasteiger partial charge on any atom is 0.262 e. The molecule has 4 atom stereocenters. The Morgan fingerprint density at radius 2 is 1.91 bits per heavy atom. The number of likely N-dealkylation sites (N-methyl/N-ethyl adjacent to an activating group) is 1. The van der Waals surface area contributed by atoms with Crippen LogP contribution in [0.25, 0.3) is 0 Å². The number of hydrogen-bond donors (Lipinski definition) is 0. The number of nitrogens with zero attached hydrogens (tertiary/aromatic N) is 4. The lowest BCUT2D eigenvalue weighted by molar-refractivity contribution is -0.127. The summed E-state index contributed by atoms with van der Waals surface area (Å²) in [5.74, 6) is -0.232. The molecular formula is C26H29Cl2FN4OS. The number of likely N-dealkylation sites (tertiary alicyclic amines) is 1. The number of aromatic nitrogens is 1. The molecule has 0 radical (unpaired) electrons. The molecule has 0 aliphatic carbocycles. The van der Waals surface area contributed by atoms with E-state index in [9.17, 15) is 9.18 Å². The number of allylic oxidation sites excluding steroid dienone is 1. The van der Waals surface area contributed by atoms with Crippen LogP contribution in [-0.4, -0.2) is 50.7 Å². The van der Waals surface area contributed by atoms with Crippen LogP contribution in [0.5, 0.6) is 0 Å². The smallest absolute Gasteiger partial charge is 0.262 e. The maximum absolute atomic E-state index is 14.7. The number of hydrogen-bond acceptors (Lipinski definition) is 5. The van der Waals surface area contributed by atoms with Crippen molar-refractivity contribution < 1.29 is 9.18 Å². The first kappa shape index (κ1) is 24.9. The van der Waals surface area contributed by atoms with E-state index in [0.29, 0.717) is 5.15 Å². The molecule has 0 bridgehead atoms. The number of fused-ring (bicyclic) bond motifs is 1. The Morgan fingerprint density at radius 3 is 2.51 bits per heavy atom. The Hall–Kier alpha value is -1.80. The van der Waals surface area contributed by atoms with Gasteiger partial charge in [-0.05, 0) is 62.1 Å². The number of halogens is 3. The van der Waals surface area contributed by atoms with Crippen LogP contribution < -0.4 is 0 Å². The highest BCUT2D eigenvalue weighted by atomic mass is 35.5. The number of carbonyl (C=O) groups excluding carboxylic acids is 1. The summed E-state index contributed by atoms with van der Waals surface area (Å²) in [6, 6.07) is 8.66. The third kappa shape index (κ3) is 4.24. The predicted molar refractivity (Wildman–Crippen MR) is 139 cm³/mol. The van der Waals surface area contributed by atoms with Gasteiger partial charge in [0.15, 0.2) is 0 Å². The molecule has 9 heteroatoms. The molecule has 1 amide bonds. The van der Waals surface area contributed by atoms with Crippen molar-refractivity contribution in [2.75, 3.05) is 13.6 Å². The highest BCUT2D eigenvalue weighted by Crippen LogP contribution is 2.58. The van der Waals surface area contributed by atoms with Gasteiger partial charge in [-0.2, -0.15) is 0 Å². The third-order valence-corrected chi connectivity index (χ3v) is 9.21. The fourth-order valence-corrected chi connectivity index (χ4v) is 7.42. The molecular weight excluding hydrogens is 506 g/mol. The fraction of sp³-hybridized carbons (Fsp3) is 0.462. The predicted octanol–water partition coefficient (Wildman–Crippen LogP) is 6.47. The van der Waals surface area contributed by atoms with Gasteiger partial charge in [-0.25, -0.2) is 9.37 Å². The van der Waals surface area contributed by atoms with E-state index in [1.54, 1.807) is 30.1 Å². The quantitative estimate of drug-likeness (QED) is 0.420. The molecule has 1 aromatic carbocycles. The van der Waals surface area contributed by atoms with Crippen molar-refractivity contribution >= 4 is 40.9 Å². The zero-order valence-electron chi connectivity index (χ0n) is 20.2. The van der Waals surface area contributed by atoms with Crippen LogP contribution in [0, 0.1) is 11.7 Å². The second-order valence-electron chi connectivity index (χ2n) is 9.85. The summed E-state index contributed by atoms with van der Waals surface area (Å²) < 4.78 is 14.7. The van der Waals surface area contributed by atoms with E-state index in [4.69, 9.17) is 23.2 Å². The van der Waals surface area contributed by atoms with Crippen LogP contribution in [0.15, 0.2) is 47.1 Å². The largest absolute Gasteiger partial charge is 0.340 e. The fourth-order valence-electron chi connectivity index (χ4n) is 5.64. The summed E-state index contributed by atoms with van der Waals surface area (Å²) in [6.07, 6.45) is 3.85. The molecule has 2 fully saturated rings. The monoisotopic (exact) mass is 534 g/mol. The minimum Gasteiger partial charge on any atom is -0.340 e. The van der Waals surface area contributed by atoms with Crippen molar-refractivity contribution in [1.82, 2.24) is 19.7 Å². The molecule has 3 aliphatic heterocycles. The summed E-state index contributed by atoms with van der Waals surface area (Å²) >= 11 is 13.7. The van der Waals surface area contributed by atoms with E-state index >= 15 is 0 Å². The topological polar surface area (TPSA) is 39.7 Å². The van der Waals surface area contributed by atoms with E-state index in [2.05, 4.69) is 42.6 Å². The van der Waals surface area contributed by atoms with Gasteiger partial charge < -0.3 is 9.80 Å². The van der Waals surface area contributed by atoms with Crippen LogP contribution in [0.1, 0.15) is 56.8 Å². The summed E-state index contributed by atoms with van der Waals surface area (Å²) in [4.78, 5) is 25.4. The van der Waals surface area contributed by atoms with Crippen molar-refractivity contribution in [3.63, 3.8) is 0 Å². The molecule has 1 unspecified atom stereocenters. The Balaban J connectivity index is 1.64. The first-order chi connectivity index (χ1) is 16.7. The van der Waals surface area contributed by atoms with E-state index in [0.717, 1.165) is 41.1 Å². The molecule has 0 spiro atoms. The highest BCUT2D eigenvalue weighted by molar-refractivity contribution is 8.04. The second-order valence-corrected chi connectivity index (χ2v) is 11.7. The minimum absolute atomic E-state index is 0.0932. The van der Waals surface area contributed by atoms with Gasteiger partial charge >= 0.3 is 0 Å². The molecule has 5 rings (SSSR count). The lowest BCUT2D eigenvalue weighted by Gasteiger charge is -2.32. The number of amides is 1. The van der Waals surface area contributed by atoms with Gasteiger partial charge in [0.05, 0.1) is 22.0 Å². The maximum atomic E-state index is 14.7. The number of thioether (sulfide) groups is 1. The van der Waals surface area contributed by atoms with Crippen LogP contribution in [0.2, 0.25) is 10.2 Å². The summed E-state index contributed by atoms with van der Waals surface area (Å²) in [5.41, 5.74) is 2.70. The Bertz CT molecular complexity index is 1170. The van der Waals surface area contributed by atoms with Crippen LogP contribution in [0.3, 0.4) is 0 Å². The van der Waals surface area contributed by atoms with Crippen molar-refractivity contribution in [3.8, 4) is 0 Å². The standard InChI is InChI=1S/C26H29Cl2FN4OS/c1-14(2)21-24(25(34)32-11-5-6-15(32)3)35-26-31(4)22(17-8-10-20(28)30-13-17)23(33(21)26)16-7-9-18(27)19(29)12-16/h7-10,12-15,22-23,26H,5-6,11H2,1-4H3/t15-,22+,23-,26?/m1/s1. The van der Waals surface area contributed by atoms with E-state index in [1.165, 1.54) is 6.07 Å². The number of rotatable bonds is 4. The molecule has 0 N–H and O–H groups in total. The molecule has 5 nitrogen and oxygen atoms in total. The first-order valence-electron chi connectivity index (χ1n) is 12.0. The van der Waals surface area contributed by atoms with Crippen molar-refractivity contribution in [2.24, 2.45) is 5.92 Å². The van der Waals surface area contributed by atoms with Gasteiger partial charge in [0.1, 0.15) is 16.5 Å². The van der Waals surface area contributed by atoms with Crippen molar-refractivity contribution in [2.45, 2.75) is 57.2 Å². The average Bonchev–Trinajstić information content (AvgIpc) is 3.49. The van der Waals surface area contributed by atoms with E-state index in [1.807, 2.05) is 17.0 Å². The SMILES string of the molecule is CC(C)C1=C(C(=O)N2CCC[C@H]2C)SC2N(C)[C@@H](c3ccc(Cl)nc3)[C@@H](c3ccc(Cl)c(F)c3)N12. The molecule has 2 aromatic rings. The Kier molecular flexibility index (Phi) is 6.81. The van der Waals surface area contributed by atoms with Gasteiger partial charge in [0.2, 0.25) is 0 Å². The van der Waals surface area contributed by atoms with Crippen molar-refractivity contribution in [3.05, 3.63) is 74.3 Å². The molecule has 35 heavy (non-hydrogen) atoms. The zero-order valence-corrected chi connectivity index (χ0v) is 22.5. The highest BCUT2D eigenvalue weighted by Gasteiger charge is 2.54. The zero-order chi connectivity index (χ0) is 25.0. The molecule has 1 aromatic heterocycles. The number of pyridine rings is 1. The number of carbonyl (C=O) groups is 1. The molecule has 4 heterocycles. The van der Waals surface area contributed by atoms with Gasteiger partial charge in [-0.3, -0.25) is 9.69 Å². The summed E-state index contributed by atoms with van der Waals surface area (Å²) in [6.45, 7) is 7.16. The van der Waals surface area contributed by atoms with E-state index in [-0.39, 0.29) is 40.5 Å². The number of benzene rings is 1. The lowest BCUT2D eigenvalue weighted by atomic mass is 9.92. The van der Waals surface area contributed by atoms with Crippen molar-refractivity contribution in [1.29, 1.82) is 0 Å². The van der Waals surface area contributed by atoms with Crippen LogP contribution in [-0.2, 0) is 4.79 Å². The molecule has 0 saturated carbocycles. The van der Waals surface area contributed by atoms with Crippen LogP contribution in [0.4, 0.5) is 4.39 Å². The average molecular weight is 536 g/mol. The van der Waals surface area contributed by atoms with Crippen LogP contribution >= 0.6 is 35.0 Å². The molecule has 2 saturated heterocycles. The Morgan fingerprint density at radius 1 is 1.17 bits per heavy atom. The van der Waals surface area contributed by atoms with Gasteiger partial charge in [0.25, 0.3) is 5.91 Å².